The van der Waals surface area contributed by atoms with Gasteiger partial charge in [-0.25, -0.2) is 4.39 Å². The number of hydrogen-bond acceptors (Lipinski definition) is 2. The molecule has 0 unspecified atom stereocenters. The molecule has 0 aliphatic carbocycles. The molecule has 0 atom stereocenters. The summed E-state index contributed by atoms with van der Waals surface area (Å²) in [7, 11) is 0. The highest BCUT2D eigenvalue weighted by atomic mass is 32.1. The molecule has 1 N–H and O–H groups in total. The molecule has 0 amide bonds. The summed E-state index contributed by atoms with van der Waals surface area (Å²) in [5, 5.41) is 11.3. The number of fused-ring (bicyclic) bond motifs is 1. The van der Waals surface area contributed by atoms with Gasteiger partial charge >= 0.3 is 5.97 Å². The molecular weight excluding hydrogens is 227 g/mol. The summed E-state index contributed by atoms with van der Waals surface area (Å²) < 4.78 is 14.5. The summed E-state index contributed by atoms with van der Waals surface area (Å²) in [5.74, 6) is -1.31. The number of thiophene rings is 1. The smallest absolute Gasteiger partial charge is 0.313 e. The van der Waals surface area contributed by atoms with Crippen LogP contribution in [-0.4, -0.2) is 11.1 Å². The molecule has 0 fully saturated rings. The molecule has 0 bridgehead atoms. The Morgan fingerprint density at radius 1 is 1.44 bits per heavy atom. The fourth-order valence-corrected chi connectivity index (χ4v) is 2.76. The number of rotatable bonds is 2. The van der Waals surface area contributed by atoms with E-state index in [-0.39, 0.29) is 5.82 Å². The monoisotopic (exact) mass is 238 g/mol. The predicted molar refractivity (Wildman–Crippen MR) is 62.4 cm³/mol. The zero-order valence-corrected chi connectivity index (χ0v) is 9.77. The fourth-order valence-electron chi connectivity index (χ4n) is 1.62. The molecule has 2 rings (SSSR count). The summed E-state index contributed by atoms with van der Waals surface area (Å²) in [6.45, 7) is 3.17. The lowest BCUT2D eigenvalue weighted by Crippen LogP contribution is -2.28. The Balaban J connectivity index is 2.76. The number of carboxylic acids is 1. The Kier molecular flexibility index (Phi) is 2.46. The zero-order chi connectivity index (χ0) is 11.9. The number of carbonyl (C=O) groups is 1. The van der Waals surface area contributed by atoms with E-state index in [0.29, 0.717) is 10.9 Å². The maximum Gasteiger partial charge on any atom is 0.313 e. The van der Waals surface area contributed by atoms with Gasteiger partial charge in [-0.1, -0.05) is 6.07 Å². The molecule has 1 aromatic carbocycles. The molecule has 0 spiro atoms. The largest absolute Gasteiger partial charge is 0.481 e. The third-order valence-corrected chi connectivity index (χ3v) is 3.70. The Morgan fingerprint density at radius 2 is 2.12 bits per heavy atom. The van der Waals surface area contributed by atoms with Crippen LogP contribution >= 0.6 is 11.3 Å². The number of halogens is 1. The third-order valence-electron chi connectivity index (χ3n) is 2.76. The molecule has 4 heteroatoms. The van der Waals surface area contributed by atoms with E-state index in [0.717, 1.165) is 4.70 Å². The Morgan fingerprint density at radius 3 is 2.75 bits per heavy atom. The van der Waals surface area contributed by atoms with E-state index in [4.69, 9.17) is 5.11 Å². The topological polar surface area (TPSA) is 37.3 Å². The standard InChI is InChI=1S/C12H11FO2S/c1-12(2,11(14)15)7-6-16-9-5-3-4-8(13)10(7)9/h3-6H,1-2H3,(H,14,15). The van der Waals surface area contributed by atoms with Crippen LogP contribution in [0.3, 0.4) is 0 Å². The second-order valence-corrected chi connectivity index (χ2v) is 5.10. The molecule has 2 nitrogen and oxygen atoms in total. The van der Waals surface area contributed by atoms with E-state index >= 15 is 0 Å². The van der Waals surface area contributed by atoms with Crippen LogP contribution in [-0.2, 0) is 10.2 Å². The highest BCUT2D eigenvalue weighted by Crippen LogP contribution is 2.36. The lowest BCUT2D eigenvalue weighted by Gasteiger charge is -2.18. The van der Waals surface area contributed by atoms with E-state index in [2.05, 4.69) is 0 Å². The van der Waals surface area contributed by atoms with Crippen LogP contribution in [0.2, 0.25) is 0 Å². The molecule has 84 valence electrons. The number of carboxylic acid groups (broad SMARTS) is 1. The minimum Gasteiger partial charge on any atom is -0.481 e. The van der Waals surface area contributed by atoms with Gasteiger partial charge in [0.05, 0.1) is 5.41 Å². The molecule has 0 saturated heterocycles. The molecule has 1 heterocycles. The fraction of sp³-hybridized carbons (Fsp3) is 0.250. The lowest BCUT2D eigenvalue weighted by molar-refractivity contribution is -0.142. The average Bonchev–Trinajstić information content (AvgIpc) is 2.63. The molecule has 2 aromatic rings. The van der Waals surface area contributed by atoms with Crippen molar-refractivity contribution in [2.45, 2.75) is 19.3 Å². The van der Waals surface area contributed by atoms with Gasteiger partial charge in [-0.05, 0) is 36.9 Å². The summed E-state index contributed by atoms with van der Waals surface area (Å²) >= 11 is 1.37. The van der Waals surface area contributed by atoms with Crippen molar-refractivity contribution in [3.63, 3.8) is 0 Å². The second-order valence-electron chi connectivity index (χ2n) is 4.19. The van der Waals surface area contributed by atoms with Crippen molar-refractivity contribution in [1.29, 1.82) is 0 Å². The van der Waals surface area contributed by atoms with Crippen molar-refractivity contribution in [1.82, 2.24) is 0 Å². The maximum atomic E-state index is 13.7. The zero-order valence-electron chi connectivity index (χ0n) is 8.95. The minimum atomic E-state index is -1.07. The molecular formula is C12H11FO2S. The van der Waals surface area contributed by atoms with Crippen LogP contribution in [0, 0.1) is 5.82 Å². The van der Waals surface area contributed by atoms with Crippen LogP contribution in [0.25, 0.3) is 10.1 Å². The van der Waals surface area contributed by atoms with Gasteiger partial charge in [-0.3, -0.25) is 4.79 Å². The first-order valence-corrected chi connectivity index (χ1v) is 5.72. The first-order chi connectivity index (χ1) is 7.44. The van der Waals surface area contributed by atoms with Gasteiger partial charge in [0.1, 0.15) is 5.82 Å². The van der Waals surface area contributed by atoms with E-state index in [1.54, 1.807) is 31.4 Å². The van der Waals surface area contributed by atoms with Crippen molar-refractivity contribution in [2.24, 2.45) is 0 Å². The summed E-state index contributed by atoms with van der Waals surface area (Å²) in [6, 6.07) is 4.78. The van der Waals surface area contributed by atoms with Crippen LogP contribution in [0.15, 0.2) is 23.6 Å². The molecule has 0 aliphatic rings. The van der Waals surface area contributed by atoms with Gasteiger partial charge in [0.25, 0.3) is 0 Å². The minimum absolute atomic E-state index is 0.358. The Hall–Kier alpha value is -1.42. The molecule has 0 saturated carbocycles. The number of hydrogen-bond donors (Lipinski definition) is 1. The quantitative estimate of drug-likeness (QED) is 0.870. The Labute approximate surface area is 96.3 Å². The van der Waals surface area contributed by atoms with Crippen LogP contribution in [0.4, 0.5) is 4.39 Å². The average molecular weight is 238 g/mol. The van der Waals surface area contributed by atoms with Gasteiger partial charge in [0.15, 0.2) is 0 Å². The van der Waals surface area contributed by atoms with Gasteiger partial charge in [0, 0.05) is 10.1 Å². The van der Waals surface area contributed by atoms with Crippen molar-refractivity contribution in [3.8, 4) is 0 Å². The SMILES string of the molecule is CC(C)(C(=O)O)c1csc2cccc(F)c12. The van der Waals surface area contributed by atoms with E-state index in [1.807, 2.05) is 0 Å². The van der Waals surface area contributed by atoms with Gasteiger partial charge in [-0.15, -0.1) is 11.3 Å². The predicted octanol–water partition coefficient (Wildman–Crippen LogP) is 3.40. The van der Waals surface area contributed by atoms with Crippen LogP contribution in [0.1, 0.15) is 19.4 Å². The van der Waals surface area contributed by atoms with Gasteiger partial charge in [-0.2, -0.15) is 0 Å². The van der Waals surface area contributed by atoms with E-state index in [1.165, 1.54) is 17.4 Å². The normalized spacial score (nSPS) is 11.9. The van der Waals surface area contributed by atoms with Gasteiger partial charge < -0.3 is 5.11 Å². The maximum absolute atomic E-state index is 13.7. The summed E-state index contributed by atoms with van der Waals surface area (Å²) in [4.78, 5) is 11.2. The van der Waals surface area contributed by atoms with E-state index < -0.39 is 11.4 Å². The highest BCUT2D eigenvalue weighted by Gasteiger charge is 2.32. The third kappa shape index (κ3) is 1.50. The highest BCUT2D eigenvalue weighted by molar-refractivity contribution is 7.17. The van der Waals surface area contributed by atoms with Crippen LogP contribution in [0.5, 0.6) is 0 Å². The van der Waals surface area contributed by atoms with Crippen molar-refractivity contribution < 1.29 is 14.3 Å². The molecule has 0 radical (unpaired) electrons. The summed E-state index contributed by atoms with van der Waals surface area (Å²) in [5.41, 5.74) is -0.529. The second kappa shape index (κ2) is 3.56. The first kappa shape index (κ1) is 11.1. The van der Waals surface area contributed by atoms with Crippen molar-refractivity contribution in [3.05, 3.63) is 35.0 Å². The van der Waals surface area contributed by atoms with Crippen molar-refractivity contribution in [2.75, 3.05) is 0 Å². The summed E-state index contributed by atoms with van der Waals surface area (Å²) in [6.07, 6.45) is 0. The lowest BCUT2D eigenvalue weighted by atomic mass is 9.84. The van der Waals surface area contributed by atoms with Gasteiger partial charge in [0.2, 0.25) is 0 Å². The van der Waals surface area contributed by atoms with E-state index in [9.17, 15) is 9.18 Å². The number of aliphatic carboxylic acids is 1. The van der Waals surface area contributed by atoms with Crippen LogP contribution < -0.4 is 0 Å². The molecule has 0 aliphatic heterocycles. The Bertz CT molecular complexity index is 557. The molecule has 16 heavy (non-hydrogen) atoms. The van der Waals surface area contributed by atoms with Crippen molar-refractivity contribution >= 4 is 27.4 Å². The molecule has 1 aromatic heterocycles. The first-order valence-electron chi connectivity index (χ1n) is 4.84. The number of benzene rings is 1.